The molecule has 0 aliphatic carbocycles. The molecule has 0 spiro atoms. The molecule has 0 aromatic heterocycles. The fourth-order valence-electron chi connectivity index (χ4n) is 2.31. The topological polar surface area (TPSA) is 98.5 Å². The van der Waals surface area contributed by atoms with Crippen LogP contribution in [0.15, 0.2) is 48.5 Å². The number of hydrogen-bond donors (Lipinski definition) is 1. The van der Waals surface area contributed by atoms with Crippen LogP contribution in [0.25, 0.3) is 0 Å². The van der Waals surface area contributed by atoms with Gasteiger partial charge in [-0.1, -0.05) is 30.3 Å². The van der Waals surface area contributed by atoms with Crippen LogP contribution in [0, 0.1) is 10.1 Å². The largest absolute Gasteiger partial charge is 0.497 e. The number of sulfonamides is 1. The Hall–Kier alpha value is -2.45. The monoisotopic (exact) mass is 350 g/mol. The zero-order chi connectivity index (χ0) is 17.7. The molecule has 0 radical (unpaired) electrons. The van der Waals surface area contributed by atoms with Crippen molar-refractivity contribution < 1.29 is 18.1 Å². The van der Waals surface area contributed by atoms with Gasteiger partial charge in [0.25, 0.3) is 5.69 Å². The van der Waals surface area contributed by atoms with Crippen molar-refractivity contribution in [3.05, 3.63) is 69.8 Å². The summed E-state index contributed by atoms with van der Waals surface area (Å²) in [5.41, 5.74) is 0.672. The van der Waals surface area contributed by atoms with Crippen molar-refractivity contribution in [1.82, 2.24) is 4.72 Å². The van der Waals surface area contributed by atoms with Gasteiger partial charge in [-0.15, -0.1) is 0 Å². The summed E-state index contributed by atoms with van der Waals surface area (Å²) < 4.78 is 32.3. The van der Waals surface area contributed by atoms with Crippen molar-refractivity contribution in [2.45, 2.75) is 18.7 Å². The molecule has 0 heterocycles. The van der Waals surface area contributed by atoms with Crippen LogP contribution >= 0.6 is 0 Å². The highest BCUT2D eigenvalue weighted by molar-refractivity contribution is 7.88. The van der Waals surface area contributed by atoms with E-state index in [-0.39, 0.29) is 11.3 Å². The molecular weight excluding hydrogens is 332 g/mol. The molecule has 8 heteroatoms. The molecule has 0 fully saturated rings. The first-order chi connectivity index (χ1) is 11.3. The lowest BCUT2D eigenvalue weighted by Gasteiger charge is -2.15. The summed E-state index contributed by atoms with van der Waals surface area (Å²) >= 11 is 0. The number of ether oxygens (including phenoxy) is 1. The summed E-state index contributed by atoms with van der Waals surface area (Å²) in [6.45, 7) is 1.70. The third-order valence-corrected chi connectivity index (χ3v) is 4.89. The van der Waals surface area contributed by atoms with Crippen molar-refractivity contribution in [3.63, 3.8) is 0 Å². The van der Waals surface area contributed by atoms with E-state index >= 15 is 0 Å². The number of methoxy groups -OCH3 is 1. The summed E-state index contributed by atoms with van der Waals surface area (Å²) in [6, 6.07) is 12.3. The first-order valence-corrected chi connectivity index (χ1v) is 8.84. The molecule has 7 nitrogen and oxygen atoms in total. The number of nitro groups is 1. The molecule has 0 amide bonds. The van der Waals surface area contributed by atoms with E-state index in [1.165, 1.54) is 25.3 Å². The molecule has 2 aromatic rings. The summed E-state index contributed by atoms with van der Waals surface area (Å²) in [7, 11) is -2.22. The average Bonchev–Trinajstić information content (AvgIpc) is 2.54. The Labute approximate surface area is 140 Å². The molecule has 2 aromatic carbocycles. The van der Waals surface area contributed by atoms with Gasteiger partial charge in [0.05, 0.1) is 17.8 Å². The summed E-state index contributed by atoms with van der Waals surface area (Å²) in [5.74, 6) is 0.163. The van der Waals surface area contributed by atoms with Crippen molar-refractivity contribution in [3.8, 4) is 5.75 Å². The van der Waals surface area contributed by atoms with Crippen molar-refractivity contribution in [2.24, 2.45) is 0 Å². The minimum absolute atomic E-state index is 0.146. The number of nitrogens with zero attached hydrogens (tertiary/aromatic N) is 1. The zero-order valence-electron chi connectivity index (χ0n) is 13.3. The second-order valence-electron chi connectivity index (χ2n) is 5.26. The second-order valence-corrected chi connectivity index (χ2v) is 7.01. The standard InChI is InChI=1S/C16H18N2O5S/c1-12(13-7-5-8-15(10-13)23-2)17-24(21,22)11-14-6-3-4-9-16(14)18(19)20/h3-10,12,17H,11H2,1-2H3. The number of rotatable bonds is 7. The van der Waals surface area contributed by atoms with Crippen LogP contribution in [-0.2, 0) is 15.8 Å². The molecule has 0 aliphatic heterocycles. The minimum Gasteiger partial charge on any atom is -0.497 e. The molecule has 0 saturated carbocycles. The van der Waals surface area contributed by atoms with Crippen molar-refractivity contribution in [2.75, 3.05) is 7.11 Å². The number of para-hydroxylation sites is 1. The predicted octanol–water partition coefficient (Wildman–Crippen LogP) is 2.78. The van der Waals surface area contributed by atoms with Gasteiger partial charge in [0.1, 0.15) is 5.75 Å². The Morgan fingerprint density at radius 2 is 1.92 bits per heavy atom. The first kappa shape index (κ1) is 17.9. The molecule has 0 aliphatic rings. The van der Waals surface area contributed by atoms with Gasteiger partial charge in [-0.25, -0.2) is 13.1 Å². The Bertz CT molecular complexity index is 836. The molecule has 1 unspecified atom stereocenters. The molecule has 1 atom stereocenters. The normalized spacial score (nSPS) is 12.6. The number of benzene rings is 2. The number of nitrogens with one attached hydrogen (secondary N) is 1. The van der Waals surface area contributed by atoms with Gasteiger partial charge in [-0.05, 0) is 24.6 Å². The molecule has 2 rings (SSSR count). The van der Waals surface area contributed by atoms with E-state index in [2.05, 4.69) is 4.72 Å². The van der Waals surface area contributed by atoms with E-state index in [0.29, 0.717) is 5.75 Å². The SMILES string of the molecule is COc1cccc(C(C)NS(=O)(=O)Cc2ccccc2[N+](=O)[O-])c1. The van der Waals surface area contributed by atoms with E-state index in [4.69, 9.17) is 4.74 Å². The average molecular weight is 350 g/mol. The highest BCUT2D eigenvalue weighted by atomic mass is 32.2. The minimum atomic E-state index is -3.75. The summed E-state index contributed by atoms with van der Waals surface area (Å²) in [5, 5.41) is 11.0. The molecular formula is C16H18N2O5S. The predicted molar refractivity (Wildman–Crippen MR) is 90.3 cm³/mol. The maximum Gasteiger partial charge on any atom is 0.273 e. The van der Waals surface area contributed by atoms with Gasteiger partial charge >= 0.3 is 0 Å². The van der Waals surface area contributed by atoms with Gasteiger partial charge < -0.3 is 4.74 Å². The fourth-order valence-corrected chi connectivity index (χ4v) is 3.72. The van der Waals surface area contributed by atoms with E-state index in [1.54, 1.807) is 37.3 Å². The van der Waals surface area contributed by atoms with Crippen LogP contribution in [0.1, 0.15) is 24.1 Å². The Kier molecular flexibility index (Phi) is 5.53. The highest BCUT2D eigenvalue weighted by Gasteiger charge is 2.22. The lowest BCUT2D eigenvalue weighted by molar-refractivity contribution is -0.385. The molecule has 128 valence electrons. The molecule has 0 bridgehead atoms. The van der Waals surface area contributed by atoms with E-state index in [0.717, 1.165) is 5.56 Å². The Morgan fingerprint density at radius 3 is 2.58 bits per heavy atom. The van der Waals surface area contributed by atoms with Gasteiger partial charge in [0, 0.05) is 17.7 Å². The van der Waals surface area contributed by atoms with E-state index < -0.39 is 26.7 Å². The Morgan fingerprint density at radius 1 is 1.21 bits per heavy atom. The van der Waals surface area contributed by atoms with Crippen LogP contribution in [0.2, 0.25) is 0 Å². The maximum atomic E-state index is 12.3. The van der Waals surface area contributed by atoms with Crippen LogP contribution in [-0.4, -0.2) is 20.5 Å². The third kappa shape index (κ3) is 4.53. The van der Waals surface area contributed by atoms with Gasteiger partial charge in [0.2, 0.25) is 10.0 Å². The fraction of sp³-hybridized carbons (Fsp3) is 0.250. The molecule has 0 saturated heterocycles. The van der Waals surface area contributed by atoms with E-state index in [9.17, 15) is 18.5 Å². The zero-order valence-corrected chi connectivity index (χ0v) is 14.1. The quantitative estimate of drug-likeness (QED) is 0.611. The van der Waals surface area contributed by atoms with Gasteiger partial charge in [-0.3, -0.25) is 10.1 Å². The molecule has 1 N–H and O–H groups in total. The Balaban J connectivity index is 2.18. The van der Waals surface area contributed by atoms with Crippen molar-refractivity contribution in [1.29, 1.82) is 0 Å². The smallest absolute Gasteiger partial charge is 0.273 e. The second kappa shape index (κ2) is 7.41. The van der Waals surface area contributed by atoms with Crippen LogP contribution < -0.4 is 9.46 Å². The van der Waals surface area contributed by atoms with Crippen molar-refractivity contribution >= 4 is 15.7 Å². The summed E-state index contributed by atoms with van der Waals surface area (Å²) in [6.07, 6.45) is 0. The van der Waals surface area contributed by atoms with E-state index in [1.807, 2.05) is 0 Å². The summed E-state index contributed by atoms with van der Waals surface area (Å²) in [4.78, 5) is 10.4. The highest BCUT2D eigenvalue weighted by Crippen LogP contribution is 2.22. The lowest BCUT2D eigenvalue weighted by Crippen LogP contribution is -2.28. The van der Waals surface area contributed by atoms with Crippen LogP contribution in [0.5, 0.6) is 5.75 Å². The van der Waals surface area contributed by atoms with Crippen LogP contribution in [0.3, 0.4) is 0 Å². The third-order valence-electron chi connectivity index (χ3n) is 3.48. The maximum absolute atomic E-state index is 12.3. The number of nitro benzene ring substituents is 1. The van der Waals surface area contributed by atoms with Gasteiger partial charge in [0.15, 0.2) is 0 Å². The molecule has 24 heavy (non-hydrogen) atoms. The lowest BCUT2D eigenvalue weighted by atomic mass is 10.1. The van der Waals surface area contributed by atoms with Crippen LogP contribution in [0.4, 0.5) is 5.69 Å². The van der Waals surface area contributed by atoms with Gasteiger partial charge in [-0.2, -0.15) is 0 Å². The number of hydrogen-bond acceptors (Lipinski definition) is 5. The first-order valence-electron chi connectivity index (χ1n) is 7.18.